The first-order valence-electron chi connectivity index (χ1n) is 5.98. The number of carbonyl (C=O) groups excluding carboxylic acids is 1. The Balaban J connectivity index is 2.94. The number of ether oxygens (including phenoxy) is 2. The van der Waals surface area contributed by atoms with Gasteiger partial charge in [0.1, 0.15) is 0 Å². The van der Waals surface area contributed by atoms with Crippen molar-refractivity contribution in [2.45, 2.75) is 32.9 Å². The average Bonchev–Trinajstić information content (AvgIpc) is 2.39. The summed E-state index contributed by atoms with van der Waals surface area (Å²) < 4.78 is 10.0. The van der Waals surface area contributed by atoms with Crippen LogP contribution in [0.4, 0.5) is 5.69 Å². The van der Waals surface area contributed by atoms with Crippen LogP contribution in [0.5, 0.6) is 0 Å². The van der Waals surface area contributed by atoms with Crippen LogP contribution in [-0.2, 0) is 9.47 Å². The Morgan fingerprint density at radius 2 is 1.94 bits per heavy atom. The van der Waals surface area contributed by atoms with Gasteiger partial charge < -0.3 is 14.8 Å². The van der Waals surface area contributed by atoms with Crippen LogP contribution in [0.25, 0.3) is 0 Å². The summed E-state index contributed by atoms with van der Waals surface area (Å²) in [5.41, 5.74) is 2.40. The van der Waals surface area contributed by atoms with Crippen molar-refractivity contribution in [2.24, 2.45) is 0 Å². The van der Waals surface area contributed by atoms with E-state index in [2.05, 4.69) is 5.32 Å². The van der Waals surface area contributed by atoms with Gasteiger partial charge in [-0.05, 0) is 38.5 Å². The molecular weight excluding hydrogens is 230 g/mol. The molecule has 0 aromatic heterocycles. The number of carbonyl (C=O) groups is 1. The molecule has 1 aromatic rings. The minimum Gasteiger partial charge on any atom is -0.465 e. The van der Waals surface area contributed by atoms with Crippen LogP contribution in [0.1, 0.15) is 29.8 Å². The third kappa shape index (κ3) is 3.23. The topological polar surface area (TPSA) is 47.6 Å². The molecule has 18 heavy (non-hydrogen) atoms. The normalized spacial score (nSPS) is 13.8. The smallest absolute Gasteiger partial charge is 0.338 e. The van der Waals surface area contributed by atoms with Crippen LogP contribution in [0, 0.1) is 6.92 Å². The molecule has 4 nitrogen and oxygen atoms in total. The van der Waals surface area contributed by atoms with E-state index in [0.29, 0.717) is 5.56 Å². The quantitative estimate of drug-likeness (QED) is 0.817. The molecule has 0 aliphatic heterocycles. The molecule has 0 bridgehead atoms. The van der Waals surface area contributed by atoms with Gasteiger partial charge in [-0.15, -0.1) is 0 Å². The zero-order valence-electron chi connectivity index (χ0n) is 11.6. The Labute approximate surface area is 108 Å². The third-order valence-electron chi connectivity index (χ3n) is 3.20. The highest BCUT2D eigenvalue weighted by Crippen LogP contribution is 2.21. The van der Waals surface area contributed by atoms with Gasteiger partial charge in [0.25, 0.3) is 0 Å². The zero-order valence-corrected chi connectivity index (χ0v) is 11.6. The number of nitrogens with one attached hydrogen (secondary N) is 1. The Bertz CT molecular complexity index is 418. The molecule has 0 radical (unpaired) electrons. The molecule has 1 aromatic carbocycles. The number of esters is 1. The van der Waals surface area contributed by atoms with Crippen molar-refractivity contribution in [1.29, 1.82) is 0 Å². The predicted molar refractivity (Wildman–Crippen MR) is 72.1 cm³/mol. The van der Waals surface area contributed by atoms with Gasteiger partial charge in [-0.25, -0.2) is 4.79 Å². The van der Waals surface area contributed by atoms with E-state index in [4.69, 9.17) is 9.47 Å². The Morgan fingerprint density at radius 1 is 1.28 bits per heavy atom. The van der Waals surface area contributed by atoms with E-state index in [1.807, 2.05) is 32.9 Å². The first-order chi connectivity index (χ1) is 8.51. The summed E-state index contributed by atoms with van der Waals surface area (Å²) in [6.07, 6.45) is 0.0891. The average molecular weight is 251 g/mol. The minimum absolute atomic E-state index is 0.0891. The van der Waals surface area contributed by atoms with Gasteiger partial charge in [-0.2, -0.15) is 0 Å². The van der Waals surface area contributed by atoms with Crippen molar-refractivity contribution >= 4 is 11.7 Å². The number of hydrogen-bond donors (Lipinski definition) is 1. The molecule has 0 aliphatic rings. The van der Waals surface area contributed by atoms with Crippen molar-refractivity contribution in [1.82, 2.24) is 0 Å². The van der Waals surface area contributed by atoms with E-state index in [0.717, 1.165) is 11.3 Å². The second kappa shape index (κ2) is 6.40. The second-order valence-corrected chi connectivity index (χ2v) is 4.34. The van der Waals surface area contributed by atoms with Crippen LogP contribution in [0.15, 0.2) is 18.2 Å². The molecule has 0 fully saturated rings. The summed E-state index contributed by atoms with van der Waals surface area (Å²) in [7, 11) is 3.07. The lowest BCUT2D eigenvalue weighted by Crippen LogP contribution is -2.30. The lowest BCUT2D eigenvalue weighted by Gasteiger charge is -2.22. The Hall–Kier alpha value is -1.55. The maximum atomic E-state index is 11.6. The van der Waals surface area contributed by atoms with Gasteiger partial charge in [0.05, 0.1) is 18.8 Å². The molecule has 4 heteroatoms. The van der Waals surface area contributed by atoms with Crippen molar-refractivity contribution < 1.29 is 14.3 Å². The van der Waals surface area contributed by atoms with Crippen molar-refractivity contribution in [3.05, 3.63) is 29.3 Å². The molecule has 0 heterocycles. The summed E-state index contributed by atoms with van der Waals surface area (Å²) in [5, 5.41) is 3.35. The van der Waals surface area contributed by atoms with Gasteiger partial charge >= 0.3 is 5.97 Å². The van der Waals surface area contributed by atoms with Crippen LogP contribution in [0.2, 0.25) is 0 Å². The van der Waals surface area contributed by atoms with E-state index in [-0.39, 0.29) is 18.1 Å². The lowest BCUT2D eigenvalue weighted by molar-refractivity contribution is 0.0600. The summed E-state index contributed by atoms with van der Waals surface area (Å²) in [5.74, 6) is -0.316. The number of anilines is 1. The molecule has 1 rings (SSSR count). The maximum Gasteiger partial charge on any atom is 0.338 e. The number of hydrogen-bond acceptors (Lipinski definition) is 4. The molecule has 100 valence electrons. The highest BCUT2D eigenvalue weighted by atomic mass is 16.5. The first-order valence-corrected chi connectivity index (χ1v) is 5.98. The Morgan fingerprint density at radius 3 is 2.50 bits per heavy atom. The molecule has 0 saturated carbocycles. The van der Waals surface area contributed by atoms with Gasteiger partial charge in [0.15, 0.2) is 0 Å². The maximum absolute atomic E-state index is 11.6. The lowest BCUT2D eigenvalue weighted by atomic mass is 10.1. The second-order valence-electron chi connectivity index (χ2n) is 4.34. The van der Waals surface area contributed by atoms with Crippen molar-refractivity contribution in [3.8, 4) is 0 Å². The van der Waals surface area contributed by atoms with Gasteiger partial charge in [0, 0.05) is 18.8 Å². The van der Waals surface area contributed by atoms with E-state index in [1.54, 1.807) is 13.2 Å². The van der Waals surface area contributed by atoms with Crippen LogP contribution < -0.4 is 5.32 Å². The number of benzene rings is 1. The highest BCUT2D eigenvalue weighted by Gasteiger charge is 2.15. The minimum atomic E-state index is -0.316. The monoisotopic (exact) mass is 251 g/mol. The molecule has 0 saturated heterocycles. The third-order valence-corrected chi connectivity index (χ3v) is 3.20. The molecule has 0 aliphatic carbocycles. The summed E-state index contributed by atoms with van der Waals surface area (Å²) >= 11 is 0. The summed E-state index contributed by atoms with van der Waals surface area (Å²) in [6, 6.07) is 5.70. The largest absolute Gasteiger partial charge is 0.465 e. The van der Waals surface area contributed by atoms with E-state index in [1.165, 1.54) is 7.11 Å². The standard InChI is InChI=1S/C14H21NO3/c1-9-12(14(16)18-5)7-6-8-13(9)15-10(2)11(3)17-4/h6-8,10-11,15H,1-5H3. The molecule has 1 N–H and O–H groups in total. The van der Waals surface area contributed by atoms with Crippen molar-refractivity contribution in [2.75, 3.05) is 19.5 Å². The fraction of sp³-hybridized carbons (Fsp3) is 0.500. The molecule has 0 amide bonds. The molecule has 2 atom stereocenters. The fourth-order valence-corrected chi connectivity index (χ4v) is 1.69. The zero-order chi connectivity index (χ0) is 13.7. The van der Waals surface area contributed by atoms with Gasteiger partial charge in [-0.1, -0.05) is 6.07 Å². The highest BCUT2D eigenvalue weighted by molar-refractivity contribution is 5.92. The van der Waals surface area contributed by atoms with Gasteiger partial charge in [-0.3, -0.25) is 0 Å². The SMILES string of the molecule is COC(=O)c1cccc(NC(C)C(C)OC)c1C. The van der Waals surface area contributed by atoms with Crippen LogP contribution in [-0.4, -0.2) is 32.3 Å². The first kappa shape index (κ1) is 14.5. The summed E-state index contributed by atoms with van der Waals surface area (Å²) in [6.45, 7) is 5.94. The number of methoxy groups -OCH3 is 2. The summed E-state index contributed by atoms with van der Waals surface area (Å²) in [4.78, 5) is 11.6. The fourth-order valence-electron chi connectivity index (χ4n) is 1.69. The van der Waals surface area contributed by atoms with E-state index in [9.17, 15) is 4.79 Å². The van der Waals surface area contributed by atoms with Gasteiger partial charge in [0.2, 0.25) is 0 Å². The Kier molecular flexibility index (Phi) is 5.16. The van der Waals surface area contributed by atoms with Crippen LogP contribution in [0.3, 0.4) is 0 Å². The molecule has 2 unspecified atom stereocenters. The van der Waals surface area contributed by atoms with Crippen molar-refractivity contribution in [3.63, 3.8) is 0 Å². The van der Waals surface area contributed by atoms with E-state index >= 15 is 0 Å². The molecular formula is C14H21NO3. The molecule has 0 spiro atoms. The van der Waals surface area contributed by atoms with Crippen LogP contribution >= 0.6 is 0 Å². The predicted octanol–water partition coefficient (Wildman–Crippen LogP) is 2.62. The number of rotatable bonds is 5. The van der Waals surface area contributed by atoms with E-state index < -0.39 is 0 Å².